The molecule has 0 heterocycles. The molecule has 2 atom stereocenters. The minimum absolute atomic E-state index is 0.0788. The zero-order chi connectivity index (χ0) is 18.2. The van der Waals surface area contributed by atoms with Crippen molar-refractivity contribution in [2.45, 2.75) is 37.2 Å². The van der Waals surface area contributed by atoms with E-state index in [9.17, 15) is 8.42 Å². The molecule has 0 saturated heterocycles. The van der Waals surface area contributed by atoms with E-state index in [4.69, 9.17) is 16.3 Å². The van der Waals surface area contributed by atoms with Crippen molar-refractivity contribution >= 4 is 27.0 Å². The van der Waals surface area contributed by atoms with Crippen molar-refractivity contribution in [2.75, 3.05) is 13.4 Å². The molecule has 0 saturated carbocycles. The molecule has 0 radical (unpaired) electrons. The third kappa shape index (κ3) is 3.76. The molecule has 1 aromatic carbocycles. The smallest absolute Gasteiger partial charge is 0.175 e. The average molecular weight is 379 g/mol. The largest absolute Gasteiger partial charge is 0.375 e. The molecule has 2 unspecified atom stereocenters. The Hall–Kier alpha value is -1.36. The lowest BCUT2D eigenvalue weighted by Gasteiger charge is -2.25. The summed E-state index contributed by atoms with van der Waals surface area (Å²) in [4.78, 5) is 0.354. The first-order valence-electron chi connectivity index (χ1n) is 8.46. The molecule has 3 rings (SSSR count). The average Bonchev–Trinajstić information content (AvgIpc) is 3.03. The molecular weight excluding hydrogens is 356 g/mol. The Morgan fingerprint density at radius 2 is 1.76 bits per heavy atom. The van der Waals surface area contributed by atoms with Crippen LogP contribution >= 0.6 is 11.6 Å². The lowest BCUT2D eigenvalue weighted by Crippen LogP contribution is -2.22. The van der Waals surface area contributed by atoms with Crippen LogP contribution in [0.5, 0.6) is 0 Å². The van der Waals surface area contributed by atoms with Gasteiger partial charge in [-0.15, -0.1) is 0 Å². The van der Waals surface area contributed by atoms with Gasteiger partial charge < -0.3 is 4.74 Å². The third-order valence-corrected chi connectivity index (χ3v) is 6.39. The first kappa shape index (κ1) is 18.4. The van der Waals surface area contributed by atoms with Crippen molar-refractivity contribution in [1.82, 2.24) is 0 Å². The molecule has 3 nitrogen and oxygen atoms in total. The molecule has 0 bridgehead atoms. The van der Waals surface area contributed by atoms with Crippen LogP contribution in [0.2, 0.25) is 0 Å². The topological polar surface area (TPSA) is 43.4 Å². The number of hydrogen-bond acceptors (Lipinski definition) is 3. The van der Waals surface area contributed by atoms with Crippen LogP contribution in [-0.4, -0.2) is 27.9 Å². The van der Waals surface area contributed by atoms with Gasteiger partial charge in [0.25, 0.3) is 0 Å². The predicted molar refractivity (Wildman–Crippen MR) is 102 cm³/mol. The van der Waals surface area contributed by atoms with Crippen LogP contribution in [0.4, 0.5) is 0 Å². The highest BCUT2D eigenvalue weighted by atomic mass is 35.5. The van der Waals surface area contributed by atoms with E-state index in [1.165, 1.54) is 23.0 Å². The van der Waals surface area contributed by atoms with Crippen LogP contribution in [0, 0.1) is 5.92 Å². The number of ether oxygens (including phenoxy) is 1. The normalized spacial score (nSPS) is 24.3. The summed E-state index contributed by atoms with van der Waals surface area (Å²) in [5, 5.41) is 0.735. The van der Waals surface area contributed by atoms with E-state index in [-0.39, 0.29) is 12.0 Å². The second-order valence-electron chi connectivity index (χ2n) is 6.77. The monoisotopic (exact) mass is 378 g/mol. The predicted octanol–water partition coefficient (Wildman–Crippen LogP) is 4.74. The minimum Gasteiger partial charge on any atom is -0.375 e. The summed E-state index contributed by atoms with van der Waals surface area (Å²) in [6, 6.07) is 7.20. The SMILES string of the molecule is COC1C(Cl)=CC(C2=C(c3ccc(S(C)(=O)=O)cc3)CCC2)=CC1C. The Morgan fingerprint density at radius 1 is 1.12 bits per heavy atom. The number of sulfone groups is 1. The fourth-order valence-electron chi connectivity index (χ4n) is 3.70. The van der Waals surface area contributed by atoms with Gasteiger partial charge in [0, 0.05) is 24.3 Å². The summed E-state index contributed by atoms with van der Waals surface area (Å²) in [7, 11) is -1.49. The Bertz CT molecular complexity index is 861. The van der Waals surface area contributed by atoms with E-state index in [2.05, 4.69) is 13.0 Å². The maximum Gasteiger partial charge on any atom is 0.175 e. The van der Waals surface area contributed by atoms with Gasteiger partial charge in [-0.1, -0.05) is 36.7 Å². The van der Waals surface area contributed by atoms with Gasteiger partial charge in [0.1, 0.15) is 0 Å². The van der Waals surface area contributed by atoms with E-state index >= 15 is 0 Å². The highest BCUT2D eigenvalue weighted by molar-refractivity contribution is 7.90. The van der Waals surface area contributed by atoms with Gasteiger partial charge in [-0.2, -0.15) is 0 Å². The molecular formula is C20H23ClO3S. The van der Waals surface area contributed by atoms with Crippen molar-refractivity contribution in [3.05, 3.63) is 58.2 Å². The molecule has 0 N–H and O–H groups in total. The first-order valence-corrected chi connectivity index (χ1v) is 10.7. The Kier molecular flexibility index (Phi) is 5.24. The fourth-order valence-corrected chi connectivity index (χ4v) is 4.74. The first-order chi connectivity index (χ1) is 11.8. The summed E-state index contributed by atoms with van der Waals surface area (Å²) < 4.78 is 28.8. The quantitative estimate of drug-likeness (QED) is 0.759. The fraction of sp³-hybridized carbons (Fsp3) is 0.400. The highest BCUT2D eigenvalue weighted by Crippen LogP contribution is 2.41. The van der Waals surface area contributed by atoms with Crippen LogP contribution in [0.1, 0.15) is 31.7 Å². The van der Waals surface area contributed by atoms with Crippen molar-refractivity contribution in [3.63, 3.8) is 0 Å². The molecule has 25 heavy (non-hydrogen) atoms. The number of benzene rings is 1. The minimum atomic E-state index is -3.17. The number of allylic oxidation sites excluding steroid dienone is 4. The van der Waals surface area contributed by atoms with Gasteiger partial charge in [-0.05, 0) is 59.8 Å². The number of methoxy groups -OCH3 is 1. The molecule has 0 amide bonds. The van der Waals surface area contributed by atoms with Gasteiger partial charge >= 0.3 is 0 Å². The van der Waals surface area contributed by atoms with Gasteiger partial charge in [0.2, 0.25) is 0 Å². The molecule has 0 aromatic heterocycles. The van der Waals surface area contributed by atoms with Gasteiger partial charge in [0.05, 0.1) is 11.0 Å². The molecule has 0 fully saturated rings. The van der Waals surface area contributed by atoms with Crippen molar-refractivity contribution in [1.29, 1.82) is 0 Å². The number of rotatable bonds is 4. The van der Waals surface area contributed by atoms with E-state index < -0.39 is 9.84 Å². The Morgan fingerprint density at radius 3 is 2.32 bits per heavy atom. The lowest BCUT2D eigenvalue weighted by molar-refractivity contribution is 0.108. The molecule has 2 aliphatic rings. The van der Waals surface area contributed by atoms with Crippen molar-refractivity contribution in [2.24, 2.45) is 5.92 Å². The van der Waals surface area contributed by atoms with E-state index in [0.29, 0.717) is 4.90 Å². The summed E-state index contributed by atoms with van der Waals surface area (Å²) in [5.74, 6) is 0.222. The Labute approximate surface area is 155 Å². The van der Waals surface area contributed by atoms with E-state index in [0.717, 1.165) is 29.9 Å². The van der Waals surface area contributed by atoms with Crippen molar-refractivity contribution in [3.8, 4) is 0 Å². The second-order valence-corrected chi connectivity index (χ2v) is 9.23. The molecule has 2 aliphatic carbocycles. The van der Waals surface area contributed by atoms with Crippen LogP contribution in [0.15, 0.2) is 57.5 Å². The summed E-state index contributed by atoms with van der Waals surface area (Å²) in [5.41, 5.74) is 4.86. The van der Waals surface area contributed by atoms with E-state index in [1.807, 2.05) is 18.2 Å². The second kappa shape index (κ2) is 7.10. The van der Waals surface area contributed by atoms with E-state index in [1.54, 1.807) is 19.2 Å². The molecule has 5 heteroatoms. The van der Waals surface area contributed by atoms with Crippen LogP contribution in [-0.2, 0) is 14.6 Å². The maximum atomic E-state index is 11.7. The zero-order valence-electron chi connectivity index (χ0n) is 14.8. The molecule has 134 valence electrons. The highest BCUT2D eigenvalue weighted by Gasteiger charge is 2.27. The van der Waals surface area contributed by atoms with Gasteiger partial charge in [0.15, 0.2) is 9.84 Å². The molecule has 1 aromatic rings. The standard InChI is InChI=1S/C20H23ClO3S/c1-13-11-15(12-19(21)20(13)24-2)18-6-4-5-17(18)14-7-9-16(10-8-14)25(3,22)23/h7-13,20H,4-6H2,1-3H3. The maximum absolute atomic E-state index is 11.7. The van der Waals surface area contributed by atoms with Crippen molar-refractivity contribution < 1.29 is 13.2 Å². The van der Waals surface area contributed by atoms with Crippen LogP contribution in [0.25, 0.3) is 5.57 Å². The molecule has 0 spiro atoms. The van der Waals surface area contributed by atoms with Crippen LogP contribution < -0.4 is 0 Å². The molecule has 0 aliphatic heterocycles. The van der Waals surface area contributed by atoms with Gasteiger partial charge in [-0.3, -0.25) is 0 Å². The number of halogens is 1. The third-order valence-electron chi connectivity index (χ3n) is 4.94. The number of hydrogen-bond donors (Lipinski definition) is 0. The lowest BCUT2D eigenvalue weighted by atomic mass is 9.88. The summed E-state index contributed by atoms with van der Waals surface area (Å²) in [6.45, 7) is 2.11. The summed E-state index contributed by atoms with van der Waals surface area (Å²) in [6.07, 6.45) is 8.51. The Balaban J connectivity index is 1.98. The van der Waals surface area contributed by atoms with Crippen LogP contribution in [0.3, 0.4) is 0 Å². The zero-order valence-corrected chi connectivity index (χ0v) is 16.3. The van der Waals surface area contributed by atoms with Gasteiger partial charge in [-0.25, -0.2) is 8.42 Å². The summed E-state index contributed by atoms with van der Waals surface area (Å²) >= 11 is 6.42.